The third kappa shape index (κ3) is 5.28. The van der Waals surface area contributed by atoms with Crippen LogP contribution in [0.4, 0.5) is 5.69 Å². The predicted molar refractivity (Wildman–Crippen MR) is 103 cm³/mol. The summed E-state index contributed by atoms with van der Waals surface area (Å²) < 4.78 is 0. The summed E-state index contributed by atoms with van der Waals surface area (Å²) in [5, 5.41) is 7.48. The first-order valence-corrected chi connectivity index (χ1v) is 8.95. The molecule has 0 aromatic heterocycles. The number of nitrogens with one attached hydrogen (secondary N) is 2. The first kappa shape index (κ1) is 19.0. The van der Waals surface area contributed by atoms with Gasteiger partial charge in [0, 0.05) is 12.2 Å². The van der Waals surface area contributed by atoms with Crippen LogP contribution in [0, 0.1) is 0 Å². The van der Waals surface area contributed by atoms with Gasteiger partial charge in [-0.2, -0.15) is 0 Å². The molecule has 0 atom stereocenters. The molecule has 22 heavy (non-hydrogen) atoms. The van der Waals surface area contributed by atoms with Crippen LogP contribution < -0.4 is 10.6 Å². The molecule has 0 saturated heterocycles. The molecule has 0 spiro atoms. The van der Waals surface area contributed by atoms with Crippen LogP contribution >= 0.6 is 12.2 Å². The van der Waals surface area contributed by atoms with Crippen molar-refractivity contribution in [3.05, 3.63) is 28.8 Å². The Morgan fingerprint density at radius 2 is 1.59 bits per heavy atom. The molecule has 3 heteroatoms. The number of unbranched alkanes of at least 4 members (excludes halogenated alkanes) is 1. The van der Waals surface area contributed by atoms with E-state index in [1.54, 1.807) is 0 Å². The zero-order valence-electron chi connectivity index (χ0n) is 15.1. The van der Waals surface area contributed by atoms with E-state index in [-0.39, 0.29) is 5.41 Å². The van der Waals surface area contributed by atoms with Crippen LogP contribution in [-0.4, -0.2) is 11.7 Å². The summed E-state index contributed by atoms with van der Waals surface area (Å²) in [6, 6.07) is 4.66. The Hall–Kier alpha value is -1.09. The molecule has 2 N–H and O–H groups in total. The summed E-state index contributed by atoms with van der Waals surface area (Å²) in [7, 11) is 0. The van der Waals surface area contributed by atoms with Crippen molar-refractivity contribution < 1.29 is 0 Å². The monoisotopic (exact) mass is 320 g/mol. The number of benzene rings is 1. The third-order valence-electron chi connectivity index (χ3n) is 3.98. The zero-order chi connectivity index (χ0) is 16.8. The number of anilines is 1. The largest absolute Gasteiger partial charge is 0.362 e. The topological polar surface area (TPSA) is 24.1 Å². The fraction of sp³-hybridized carbons (Fsp3) is 0.632. The molecule has 1 rings (SSSR count). The Bertz CT molecular complexity index is 476. The SMILES string of the molecule is CCCCNC(=S)Nc1c(CC)cc(C(C)(C)C)cc1CC. The number of rotatable bonds is 6. The molecule has 0 fully saturated rings. The minimum absolute atomic E-state index is 0.173. The highest BCUT2D eigenvalue weighted by Gasteiger charge is 2.18. The second-order valence-electron chi connectivity index (χ2n) is 6.86. The van der Waals surface area contributed by atoms with Gasteiger partial charge in [-0.05, 0) is 53.6 Å². The van der Waals surface area contributed by atoms with Crippen LogP contribution in [0.5, 0.6) is 0 Å². The van der Waals surface area contributed by atoms with Crippen molar-refractivity contribution >= 4 is 23.0 Å². The van der Waals surface area contributed by atoms with E-state index >= 15 is 0 Å². The fourth-order valence-corrected chi connectivity index (χ4v) is 2.66. The molecule has 124 valence electrons. The van der Waals surface area contributed by atoms with Crippen LogP contribution in [0.3, 0.4) is 0 Å². The Morgan fingerprint density at radius 3 is 2.00 bits per heavy atom. The van der Waals surface area contributed by atoms with Crippen molar-refractivity contribution in [3.8, 4) is 0 Å². The lowest BCUT2D eigenvalue weighted by Gasteiger charge is -2.24. The van der Waals surface area contributed by atoms with Crippen molar-refractivity contribution in [1.29, 1.82) is 0 Å². The molecular weight excluding hydrogens is 288 g/mol. The van der Waals surface area contributed by atoms with E-state index < -0.39 is 0 Å². The van der Waals surface area contributed by atoms with Crippen LogP contribution in [0.15, 0.2) is 12.1 Å². The predicted octanol–water partition coefficient (Wildman–Crippen LogP) is 5.20. The Balaban J connectivity index is 3.05. The van der Waals surface area contributed by atoms with Gasteiger partial charge >= 0.3 is 0 Å². The molecule has 0 heterocycles. The highest BCUT2D eigenvalue weighted by atomic mass is 32.1. The van der Waals surface area contributed by atoms with E-state index in [1.807, 2.05) is 0 Å². The molecule has 0 saturated carbocycles. The Labute approximate surface area is 142 Å². The van der Waals surface area contributed by atoms with Crippen molar-refractivity contribution in [3.63, 3.8) is 0 Å². The molecule has 1 aromatic rings. The maximum Gasteiger partial charge on any atom is 0.170 e. The number of aryl methyl sites for hydroxylation is 2. The van der Waals surface area contributed by atoms with Crippen LogP contribution in [-0.2, 0) is 18.3 Å². The van der Waals surface area contributed by atoms with Crippen molar-refractivity contribution in [2.24, 2.45) is 0 Å². The lowest BCUT2D eigenvalue weighted by Crippen LogP contribution is -2.30. The van der Waals surface area contributed by atoms with E-state index in [0.29, 0.717) is 0 Å². The van der Waals surface area contributed by atoms with Crippen molar-refractivity contribution in [2.45, 2.75) is 72.6 Å². The average Bonchev–Trinajstić information content (AvgIpc) is 2.46. The first-order chi connectivity index (χ1) is 10.3. The van der Waals surface area contributed by atoms with Gasteiger partial charge in [-0.25, -0.2) is 0 Å². The minimum Gasteiger partial charge on any atom is -0.362 e. The summed E-state index contributed by atoms with van der Waals surface area (Å²) in [6.07, 6.45) is 4.34. The van der Waals surface area contributed by atoms with Crippen LogP contribution in [0.25, 0.3) is 0 Å². The third-order valence-corrected chi connectivity index (χ3v) is 4.23. The summed E-state index contributed by atoms with van der Waals surface area (Å²) in [4.78, 5) is 0. The highest BCUT2D eigenvalue weighted by Crippen LogP contribution is 2.31. The van der Waals surface area contributed by atoms with Crippen LogP contribution in [0.1, 0.15) is 71.1 Å². The van der Waals surface area contributed by atoms with E-state index in [4.69, 9.17) is 12.2 Å². The van der Waals surface area contributed by atoms with Gasteiger partial charge in [0.15, 0.2) is 5.11 Å². The van der Waals surface area contributed by atoms with Crippen molar-refractivity contribution in [1.82, 2.24) is 5.32 Å². The van der Waals surface area contributed by atoms with Gasteiger partial charge in [-0.15, -0.1) is 0 Å². The first-order valence-electron chi connectivity index (χ1n) is 8.54. The quantitative estimate of drug-likeness (QED) is 0.557. The molecule has 0 radical (unpaired) electrons. The standard InChI is InChI=1S/C19H32N2S/c1-7-10-11-20-18(22)21-17-14(8-2)12-16(19(4,5)6)13-15(17)9-3/h12-13H,7-11H2,1-6H3,(H2,20,21,22). The summed E-state index contributed by atoms with van der Waals surface area (Å²) in [5.41, 5.74) is 5.48. The molecule has 0 aliphatic heterocycles. The highest BCUT2D eigenvalue weighted by molar-refractivity contribution is 7.80. The fourth-order valence-electron chi connectivity index (χ4n) is 2.46. The molecule has 0 unspecified atom stereocenters. The summed E-state index contributed by atoms with van der Waals surface area (Å²) in [5.74, 6) is 0. The van der Waals surface area contributed by atoms with Crippen molar-refractivity contribution in [2.75, 3.05) is 11.9 Å². The van der Waals surface area contributed by atoms with E-state index in [1.165, 1.54) is 28.8 Å². The van der Waals surface area contributed by atoms with Gasteiger partial charge in [-0.3, -0.25) is 0 Å². The minimum atomic E-state index is 0.173. The number of thiocarbonyl (C=S) groups is 1. The normalized spacial score (nSPS) is 11.4. The summed E-state index contributed by atoms with van der Waals surface area (Å²) in [6.45, 7) is 14.3. The van der Waals surface area contributed by atoms with Crippen LogP contribution in [0.2, 0.25) is 0 Å². The Morgan fingerprint density at radius 1 is 1.05 bits per heavy atom. The molecule has 2 nitrogen and oxygen atoms in total. The Kier molecular flexibility index (Phi) is 7.34. The van der Waals surface area contributed by atoms with E-state index in [2.05, 4.69) is 64.3 Å². The van der Waals surface area contributed by atoms with Gasteiger partial charge in [-0.1, -0.05) is 60.1 Å². The van der Waals surface area contributed by atoms with E-state index in [0.717, 1.165) is 30.9 Å². The molecule has 0 aliphatic carbocycles. The van der Waals surface area contributed by atoms with Gasteiger partial charge in [0.1, 0.15) is 0 Å². The van der Waals surface area contributed by atoms with Gasteiger partial charge in [0.2, 0.25) is 0 Å². The summed E-state index contributed by atoms with van der Waals surface area (Å²) >= 11 is 5.45. The van der Waals surface area contributed by atoms with Gasteiger partial charge < -0.3 is 10.6 Å². The number of hydrogen-bond acceptors (Lipinski definition) is 1. The zero-order valence-corrected chi connectivity index (χ0v) is 15.9. The molecular formula is C19H32N2S. The second kappa shape index (κ2) is 8.52. The maximum absolute atomic E-state index is 5.45. The smallest absolute Gasteiger partial charge is 0.170 e. The molecule has 0 aliphatic rings. The lowest BCUT2D eigenvalue weighted by atomic mass is 9.83. The molecule has 1 aromatic carbocycles. The number of hydrogen-bond donors (Lipinski definition) is 2. The molecule has 0 amide bonds. The van der Waals surface area contributed by atoms with E-state index in [9.17, 15) is 0 Å². The van der Waals surface area contributed by atoms with Gasteiger partial charge in [0.25, 0.3) is 0 Å². The maximum atomic E-state index is 5.45. The second-order valence-corrected chi connectivity index (χ2v) is 7.27. The lowest BCUT2D eigenvalue weighted by molar-refractivity contribution is 0.588. The average molecular weight is 321 g/mol. The van der Waals surface area contributed by atoms with Gasteiger partial charge in [0.05, 0.1) is 0 Å². The molecule has 0 bridgehead atoms.